The molecule has 0 spiro atoms. The van der Waals surface area contributed by atoms with Crippen LogP contribution in [0.25, 0.3) is 16.8 Å². The van der Waals surface area contributed by atoms with Gasteiger partial charge < -0.3 is 4.90 Å². The van der Waals surface area contributed by atoms with Gasteiger partial charge in [0.2, 0.25) is 0 Å². The summed E-state index contributed by atoms with van der Waals surface area (Å²) in [5, 5.41) is 0. The smallest absolute Gasteiger partial charge is 0.261 e. The minimum atomic E-state index is -0.278. The topological polar surface area (TPSA) is 37.6 Å². The number of aromatic nitrogens is 2. The molecule has 0 radical (unpaired) electrons. The summed E-state index contributed by atoms with van der Waals surface area (Å²) in [6.45, 7) is 3.16. The quantitative estimate of drug-likeness (QED) is 0.734. The second-order valence-electron chi connectivity index (χ2n) is 6.54. The van der Waals surface area contributed by atoms with Crippen LogP contribution < -0.4 is 5.56 Å². The zero-order valence-electron chi connectivity index (χ0n) is 14.0. The lowest BCUT2D eigenvalue weighted by Gasteiger charge is -2.14. The molecule has 4 rings (SSSR count). The predicted molar refractivity (Wildman–Crippen MR) is 96.2 cm³/mol. The Hall–Kier alpha value is -2.53. The number of pyridine rings is 1. The maximum absolute atomic E-state index is 13.4. The maximum Gasteiger partial charge on any atom is 0.261 e. The zero-order chi connectivity index (χ0) is 17.2. The molecule has 1 aromatic carbocycles. The first-order valence-corrected chi connectivity index (χ1v) is 8.69. The second kappa shape index (κ2) is 6.76. The van der Waals surface area contributed by atoms with E-state index in [2.05, 4.69) is 9.88 Å². The van der Waals surface area contributed by atoms with Crippen LogP contribution >= 0.6 is 0 Å². The fourth-order valence-corrected chi connectivity index (χ4v) is 3.42. The number of benzene rings is 1. The fraction of sp³-hybridized carbons (Fsp3) is 0.300. The van der Waals surface area contributed by atoms with Crippen LogP contribution in [-0.2, 0) is 6.42 Å². The van der Waals surface area contributed by atoms with Crippen molar-refractivity contribution in [2.75, 3.05) is 19.6 Å². The van der Waals surface area contributed by atoms with Gasteiger partial charge in [-0.3, -0.25) is 9.20 Å². The highest BCUT2D eigenvalue weighted by molar-refractivity contribution is 5.67. The molecule has 4 nitrogen and oxygen atoms in total. The normalized spacial score (nSPS) is 15.1. The van der Waals surface area contributed by atoms with Crippen LogP contribution in [0, 0.1) is 5.82 Å². The minimum absolute atomic E-state index is 0.0185. The Morgan fingerprint density at radius 1 is 1.08 bits per heavy atom. The molecule has 0 unspecified atom stereocenters. The molecule has 1 aliphatic heterocycles. The van der Waals surface area contributed by atoms with Crippen molar-refractivity contribution in [1.82, 2.24) is 14.3 Å². The van der Waals surface area contributed by atoms with Crippen molar-refractivity contribution in [3.63, 3.8) is 0 Å². The Labute approximate surface area is 145 Å². The molecule has 1 saturated heterocycles. The molecule has 0 bridgehead atoms. The third kappa shape index (κ3) is 3.33. The van der Waals surface area contributed by atoms with Gasteiger partial charge in [-0.25, -0.2) is 9.37 Å². The van der Waals surface area contributed by atoms with Crippen molar-refractivity contribution in [3.05, 3.63) is 70.5 Å². The Bertz CT molecular complexity index is 961. The number of likely N-dealkylation sites (tertiary alicyclic amines) is 1. The number of hydrogen-bond acceptors (Lipinski definition) is 3. The van der Waals surface area contributed by atoms with E-state index in [1.807, 2.05) is 18.2 Å². The van der Waals surface area contributed by atoms with E-state index >= 15 is 0 Å². The summed E-state index contributed by atoms with van der Waals surface area (Å²) in [6.07, 6.45) is 6.63. The lowest BCUT2D eigenvalue weighted by atomic mass is 10.1. The van der Waals surface area contributed by atoms with E-state index in [4.69, 9.17) is 0 Å². The molecule has 0 atom stereocenters. The van der Waals surface area contributed by atoms with Gasteiger partial charge in [-0.2, -0.15) is 0 Å². The number of hydrogen-bond donors (Lipinski definition) is 0. The van der Waals surface area contributed by atoms with Gasteiger partial charge in [-0.15, -0.1) is 0 Å². The molecule has 25 heavy (non-hydrogen) atoms. The second-order valence-corrected chi connectivity index (χ2v) is 6.54. The average Bonchev–Trinajstić information content (AvgIpc) is 3.14. The first-order valence-electron chi connectivity index (χ1n) is 8.69. The van der Waals surface area contributed by atoms with Gasteiger partial charge in [-0.05, 0) is 67.7 Å². The summed E-state index contributed by atoms with van der Waals surface area (Å²) in [5.74, 6) is -0.278. The summed E-state index contributed by atoms with van der Waals surface area (Å²) in [5.41, 5.74) is 2.92. The first kappa shape index (κ1) is 16.0. The highest BCUT2D eigenvalue weighted by Gasteiger charge is 2.13. The number of fused-ring (bicyclic) bond motifs is 1. The van der Waals surface area contributed by atoms with Gasteiger partial charge in [0.15, 0.2) is 0 Å². The molecule has 0 saturated carbocycles. The van der Waals surface area contributed by atoms with Gasteiger partial charge in [0.05, 0.1) is 0 Å². The molecule has 2 aromatic heterocycles. The van der Waals surface area contributed by atoms with E-state index in [1.165, 1.54) is 25.0 Å². The molecule has 5 heteroatoms. The van der Waals surface area contributed by atoms with E-state index in [9.17, 15) is 9.18 Å². The Kier molecular flexibility index (Phi) is 4.32. The zero-order valence-corrected chi connectivity index (χ0v) is 14.0. The fourth-order valence-electron chi connectivity index (χ4n) is 3.42. The SMILES string of the molecule is O=c1c(CCN2CCCC2)cnc2cc(-c3cccc(F)c3)ccn12. The summed E-state index contributed by atoms with van der Waals surface area (Å²) < 4.78 is 15.0. The summed E-state index contributed by atoms with van der Waals surface area (Å²) in [6, 6.07) is 10.1. The highest BCUT2D eigenvalue weighted by atomic mass is 19.1. The van der Waals surface area contributed by atoms with Crippen molar-refractivity contribution < 1.29 is 4.39 Å². The van der Waals surface area contributed by atoms with Crippen LogP contribution in [0.1, 0.15) is 18.4 Å². The van der Waals surface area contributed by atoms with Crippen LogP contribution in [0.4, 0.5) is 4.39 Å². The monoisotopic (exact) mass is 337 g/mol. The van der Waals surface area contributed by atoms with Gasteiger partial charge in [0.1, 0.15) is 11.5 Å². The first-order chi connectivity index (χ1) is 12.2. The van der Waals surface area contributed by atoms with E-state index in [-0.39, 0.29) is 11.4 Å². The molecule has 3 aromatic rings. The lowest BCUT2D eigenvalue weighted by molar-refractivity contribution is 0.343. The molecule has 3 heterocycles. The lowest BCUT2D eigenvalue weighted by Crippen LogP contribution is -2.26. The highest BCUT2D eigenvalue weighted by Crippen LogP contribution is 2.20. The summed E-state index contributed by atoms with van der Waals surface area (Å²) in [4.78, 5) is 19.5. The van der Waals surface area contributed by atoms with Crippen LogP contribution in [-0.4, -0.2) is 33.9 Å². The standard InChI is InChI=1S/C20H20FN3O/c21-18-5-3-4-15(12-18)16-7-11-24-19(13-16)22-14-17(20(24)25)6-10-23-8-1-2-9-23/h3-5,7,11-14H,1-2,6,8-10H2. The molecular weight excluding hydrogens is 317 g/mol. The van der Waals surface area contributed by atoms with E-state index in [1.54, 1.807) is 22.9 Å². The number of nitrogens with zero attached hydrogens (tertiary/aromatic N) is 3. The van der Waals surface area contributed by atoms with Gasteiger partial charge >= 0.3 is 0 Å². The predicted octanol–water partition coefficient (Wildman–Crippen LogP) is 3.14. The average molecular weight is 337 g/mol. The number of halogens is 1. The van der Waals surface area contributed by atoms with Crippen LogP contribution in [0.2, 0.25) is 0 Å². The minimum Gasteiger partial charge on any atom is -0.303 e. The molecule has 128 valence electrons. The Morgan fingerprint density at radius 3 is 2.68 bits per heavy atom. The van der Waals surface area contributed by atoms with Crippen LogP contribution in [0.3, 0.4) is 0 Å². The molecule has 1 aliphatic rings. The number of rotatable bonds is 4. The molecular formula is C20H20FN3O. The molecule has 0 amide bonds. The van der Waals surface area contributed by atoms with Gasteiger partial charge in [-0.1, -0.05) is 12.1 Å². The van der Waals surface area contributed by atoms with Crippen molar-refractivity contribution in [3.8, 4) is 11.1 Å². The van der Waals surface area contributed by atoms with Crippen molar-refractivity contribution >= 4 is 5.65 Å². The summed E-state index contributed by atoms with van der Waals surface area (Å²) in [7, 11) is 0. The van der Waals surface area contributed by atoms with Crippen molar-refractivity contribution in [2.45, 2.75) is 19.3 Å². The third-order valence-electron chi connectivity index (χ3n) is 4.83. The van der Waals surface area contributed by atoms with Crippen LogP contribution in [0.15, 0.2) is 53.6 Å². The van der Waals surface area contributed by atoms with E-state index in [0.717, 1.165) is 42.7 Å². The Morgan fingerprint density at radius 2 is 1.88 bits per heavy atom. The van der Waals surface area contributed by atoms with Crippen LogP contribution in [0.5, 0.6) is 0 Å². The van der Waals surface area contributed by atoms with Gasteiger partial charge in [0.25, 0.3) is 5.56 Å². The van der Waals surface area contributed by atoms with E-state index in [0.29, 0.717) is 5.65 Å². The van der Waals surface area contributed by atoms with Crippen molar-refractivity contribution in [2.24, 2.45) is 0 Å². The molecule has 1 fully saturated rings. The van der Waals surface area contributed by atoms with E-state index < -0.39 is 0 Å². The molecule has 0 N–H and O–H groups in total. The summed E-state index contributed by atoms with van der Waals surface area (Å²) >= 11 is 0. The molecule has 0 aliphatic carbocycles. The maximum atomic E-state index is 13.4. The third-order valence-corrected chi connectivity index (χ3v) is 4.83. The van der Waals surface area contributed by atoms with Gasteiger partial charge in [0, 0.05) is 24.5 Å². The largest absolute Gasteiger partial charge is 0.303 e. The van der Waals surface area contributed by atoms with Crippen molar-refractivity contribution in [1.29, 1.82) is 0 Å². The Balaban J connectivity index is 1.63.